The van der Waals surface area contributed by atoms with Gasteiger partial charge in [-0.1, -0.05) is 6.07 Å². The number of rotatable bonds is 4. The van der Waals surface area contributed by atoms with Crippen LogP contribution in [0.3, 0.4) is 0 Å². The Bertz CT molecular complexity index is 773. The smallest absolute Gasteiger partial charge is 0.250 e. The molecule has 1 aliphatic rings. The molecule has 1 atom stereocenters. The number of halogens is 1. The van der Waals surface area contributed by atoms with Gasteiger partial charge >= 0.3 is 0 Å². The normalized spacial score (nSPS) is 18.9. The fourth-order valence-corrected chi connectivity index (χ4v) is 4.56. The van der Waals surface area contributed by atoms with Crippen molar-refractivity contribution in [1.29, 1.82) is 0 Å². The van der Waals surface area contributed by atoms with E-state index in [4.69, 9.17) is 0 Å². The van der Waals surface area contributed by atoms with Crippen LogP contribution in [-0.2, 0) is 14.8 Å². The molecule has 0 saturated carbocycles. The lowest BCUT2D eigenvalue weighted by Gasteiger charge is -2.17. The summed E-state index contributed by atoms with van der Waals surface area (Å²) in [5, 5.41) is 1.66. The summed E-state index contributed by atoms with van der Waals surface area (Å²) in [5.41, 5.74) is 0.559. The molecule has 1 aromatic heterocycles. The molecule has 1 N–H and O–H groups in total. The highest BCUT2D eigenvalue weighted by atomic mass is 32.2. The first-order chi connectivity index (χ1) is 10.5. The third kappa shape index (κ3) is 2.90. The van der Waals surface area contributed by atoms with E-state index in [0.717, 1.165) is 11.3 Å². The topological polar surface area (TPSA) is 66.5 Å². The number of hydrogen-bond acceptors (Lipinski definition) is 4. The summed E-state index contributed by atoms with van der Waals surface area (Å²) in [5.74, 6) is -0.711. The third-order valence-corrected chi connectivity index (χ3v) is 6.27. The maximum Gasteiger partial charge on any atom is 0.250 e. The van der Waals surface area contributed by atoms with Crippen molar-refractivity contribution >= 4 is 33.0 Å². The lowest BCUT2D eigenvalue weighted by Crippen LogP contribution is -2.41. The number of amides is 1. The van der Waals surface area contributed by atoms with E-state index in [9.17, 15) is 17.6 Å². The van der Waals surface area contributed by atoms with E-state index in [2.05, 4.69) is 4.72 Å². The molecule has 2 aromatic rings. The fraction of sp³-hybridized carbons (Fsp3) is 0.214. The average molecular weight is 340 g/mol. The zero-order chi connectivity index (χ0) is 15.7. The summed E-state index contributed by atoms with van der Waals surface area (Å²) in [6.45, 7) is 0.391. The minimum atomic E-state index is -3.68. The van der Waals surface area contributed by atoms with Gasteiger partial charge in [-0.3, -0.25) is 4.79 Å². The Morgan fingerprint density at radius 2 is 1.95 bits per heavy atom. The van der Waals surface area contributed by atoms with E-state index < -0.39 is 16.1 Å². The Hall–Kier alpha value is -1.77. The Morgan fingerprint density at radius 3 is 2.59 bits per heavy atom. The van der Waals surface area contributed by atoms with Crippen molar-refractivity contribution in [3.8, 4) is 0 Å². The van der Waals surface area contributed by atoms with Crippen LogP contribution in [0.25, 0.3) is 0 Å². The number of nitrogens with one attached hydrogen (secondary N) is 1. The van der Waals surface area contributed by atoms with Gasteiger partial charge in [0, 0.05) is 12.2 Å². The zero-order valence-electron chi connectivity index (χ0n) is 11.4. The molecule has 1 aliphatic heterocycles. The minimum Gasteiger partial charge on any atom is -0.311 e. The van der Waals surface area contributed by atoms with E-state index in [1.807, 2.05) is 0 Å². The summed E-state index contributed by atoms with van der Waals surface area (Å²) in [6, 6.07) is 7.88. The first-order valence-electron chi connectivity index (χ1n) is 6.60. The maximum absolute atomic E-state index is 12.9. The molecule has 116 valence electrons. The fourth-order valence-electron chi connectivity index (χ4n) is 2.33. The molecule has 22 heavy (non-hydrogen) atoms. The highest BCUT2D eigenvalue weighted by Crippen LogP contribution is 2.23. The highest BCUT2D eigenvalue weighted by molar-refractivity contribution is 7.91. The first-order valence-corrected chi connectivity index (χ1v) is 8.96. The van der Waals surface area contributed by atoms with Crippen LogP contribution in [-0.4, -0.2) is 26.9 Å². The van der Waals surface area contributed by atoms with Crippen LogP contribution >= 0.6 is 11.3 Å². The van der Waals surface area contributed by atoms with Gasteiger partial charge in [0.25, 0.3) is 10.0 Å². The Balaban J connectivity index is 1.75. The Morgan fingerprint density at radius 1 is 1.23 bits per heavy atom. The maximum atomic E-state index is 12.9. The SMILES string of the molecule is O=C1[C@H](NS(=O)(=O)c2cccs2)CCN1c1ccc(F)cc1. The van der Waals surface area contributed by atoms with Crippen LogP contribution in [0.2, 0.25) is 0 Å². The van der Waals surface area contributed by atoms with Gasteiger partial charge in [-0.15, -0.1) is 11.3 Å². The number of nitrogens with zero attached hydrogens (tertiary/aromatic N) is 1. The molecule has 1 amide bonds. The molecule has 2 heterocycles. The second-order valence-electron chi connectivity index (χ2n) is 4.86. The van der Waals surface area contributed by atoms with E-state index in [-0.39, 0.29) is 15.9 Å². The largest absolute Gasteiger partial charge is 0.311 e. The zero-order valence-corrected chi connectivity index (χ0v) is 13.0. The van der Waals surface area contributed by atoms with E-state index in [1.165, 1.54) is 35.2 Å². The van der Waals surface area contributed by atoms with Gasteiger partial charge in [-0.05, 0) is 42.1 Å². The molecule has 5 nitrogen and oxygen atoms in total. The molecular formula is C14H13FN2O3S2. The predicted octanol–water partition coefficient (Wildman–Crippen LogP) is 1.97. The Kier molecular flexibility index (Phi) is 3.98. The van der Waals surface area contributed by atoms with Crippen molar-refractivity contribution in [2.45, 2.75) is 16.7 Å². The number of benzene rings is 1. The summed E-state index contributed by atoms with van der Waals surface area (Å²) in [4.78, 5) is 13.8. The summed E-state index contributed by atoms with van der Waals surface area (Å²) < 4.78 is 39.9. The van der Waals surface area contributed by atoms with Gasteiger partial charge in [-0.2, -0.15) is 4.72 Å². The number of sulfonamides is 1. The highest BCUT2D eigenvalue weighted by Gasteiger charge is 2.35. The summed E-state index contributed by atoms with van der Waals surface area (Å²) >= 11 is 1.10. The molecule has 0 unspecified atom stereocenters. The van der Waals surface area contributed by atoms with Crippen molar-refractivity contribution in [2.24, 2.45) is 0 Å². The van der Waals surface area contributed by atoms with Crippen molar-refractivity contribution in [2.75, 3.05) is 11.4 Å². The number of thiophene rings is 1. The molecule has 1 saturated heterocycles. The van der Waals surface area contributed by atoms with Crippen LogP contribution < -0.4 is 9.62 Å². The van der Waals surface area contributed by atoms with Crippen LogP contribution in [0, 0.1) is 5.82 Å². The molecule has 0 bridgehead atoms. The lowest BCUT2D eigenvalue weighted by atomic mass is 10.3. The molecular weight excluding hydrogens is 327 g/mol. The number of hydrogen-bond donors (Lipinski definition) is 1. The van der Waals surface area contributed by atoms with Gasteiger partial charge < -0.3 is 4.90 Å². The predicted molar refractivity (Wildman–Crippen MR) is 81.8 cm³/mol. The van der Waals surface area contributed by atoms with Gasteiger partial charge in [0.1, 0.15) is 16.1 Å². The van der Waals surface area contributed by atoms with Gasteiger partial charge in [0.05, 0.1) is 0 Å². The monoisotopic (exact) mass is 340 g/mol. The summed E-state index contributed by atoms with van der Waals surface area (Å²) in [7, 11) is -3.68. The quantitative estimate of drug-likeness (QED) is 0.925. The molecule has 0 radical (unpaired) electrons. The number of carbonyl (C=O) groups is 1. The van der Waals surface area contributed by atoms with Crippen molar-refractivity contribution in [3.05, 3.63) is 47.6 Å². The van der Waals surface area contributed by atoms with Crippen molar-refractivity contribution < 1.29 is 17.6 Å². The minimum absolute atomic E-state index is 0.181. The van der Waals surface area contributed by atoms with E-state index in [1.54, 1.807) is 11.4 Å². The molecule has 3 rings (SSSR count). The van der Waals surface area contributed by atoms with Gasteiger partial charge in [-0.25, -0.2) is 12.8 Å². The van der Waals surface area contributed by atoms with Gasteiger partial charge in [0.15, 0.2) is 0 Å². The average Bonchev–Trinajstić information content (AvgIpc) is 3.12. The van der Waals surface area contributed by atoms with Crippen LogP contribution in [0.5, 0.6) is 0 Å². The lowest BCUT2D eigenvalue weighted by molar-refractivity contribution is -0.118. The standard InChI is InChI=1S/C14H13FN2O3S2/c15-10-3-5-11(6-4-10)17-8-7-12(14(17)18)16-22(19,20)13-2-1-9-21-13/h1-6,9,12,16H,7-8H2/t12-/m1/s1. The Labute approximate surface area is 131 Å². The second kappa shape index (κ2) is 5.79. The molecule has 1 aromatic carbocycles. The van der Waals surface area contributed by atoms with Gasteiger partial charge in [0.2, 0.25) is 5.91 Å². The third-order valence-electron chi connectivity index (χ3n) is 3.40. The molecule has 1 fully saturated rings. The number of carbonyl (C=O) groups excluding carboxylic acids is 1. The van der Waals surface area contributed by atoms with Crippen LogP contribution in [0.15, 0.2) is 46.0 Å². The van der Waals surface area contributed by atoms with Crippen molar-refractivity contribution in [3.63, 3.8) is 0 Å². The second-order valence-corrected chi connectivity index (χ2v) is 7.75. The van der Waals surface area contributed by atoms with Crippen LogP contribution in [0.4, 0.5) is 10.1 Å². The van der Waals surface area contributed by atoms with Crippen molar-refractivity contribution in [1.82, 2.24) is 4.72 Å². The summed E-state index contributed by atoms with van der Waals surface area (Å²) in [6.07, 6.45) is 0.376. The molecule has 8 heteroatoms. The molecule has 0 spiro atoms. The van der Waals surface area contributed by atoms with E-state index >= 15 is 0 Å². The first kappa shape index (κ1) is 15.1. The number of anilines is 1. The van der Waals surface area contributed by atoms with Crippen LogP contribution in [0.1, 0.15) is 6.42 Å². The van der Waals surface area contributed by atoms with E-state index in [0.29, 0.717) is 18.7 Å². The molecule has 0 aliphatic carbocycles.